The first-order valence-electron chi connectivity index (χ1n) is 9.38. The molecule has 3 aromatic heterocycles. The average molecular weight is 422 g/mol. The number of hydrogen-bond acceptors (Lipinski definition) is 5. The zero-order valence-corrected chi connectivity index (χ0v) is 17.3. The monoisotopic (exact) mass is 421 g/mol. The minimum absolute atomic E-state index is 0.229. The van der Waals surface area contributed by atoms with Crippen LogP contribution in [0.1, 0.15) is 16.8 Å². The molecule has 152 valence electrons. The van der Waals surface area contributed by atoms with Crippen molar-refractivity contribution in [2.75, 3.05) is 0 Å². The molecular weight excluding hydrogens is 402 g/mol. The first-order valence-corrected chi connectivity index (χ1v) is 9.76. The van der Waals surface area contributed by atoms with Crippen LogP contribution in [-0.2, 0) is 25.0 Å². The number of aryl methyl sites for hydroxylation is 2. The Labute approximate surface area is 178 Å². The van der Waals surface area contributed by atoms with E-state index in [9.17, 15) is 4.79 Å². The van der Waals surface area contributed by atoms with Gasteiger partial charge in [-0.15, -0.1) is 0 Å². The fraction of sp³-hybridized carbons (Fsp3) is 0.182. The van der Waals surface area contributed by atoms with Crippen LogP contribution >= 0.6 is 11.6 Å². The van der Waals surface area contributed by atoms with Gasteiger partial charge in [0, 0.05) is 54.4 Å². The minimum Gasteiger partial charge on any atom is -0.487 e. The van der Waals surface area contributed by atoms with Crippen LogP contribution in [0.3, 0.4) is 0 Å². The molecule has 0 aliphatic heterocycles. The molecule has 0 fully saturated rings. The van der Waals surface area contributed by atoms with Crippen molar-refractivity contribution in [2.45, 2.75) is 20.1 Å². The number of rotatable bonds is 7. The SMILES string of the molecule is Cc1cc(-c2ccnn2C)c2cccc(OCc3c(Cl)cncc3CNC=O)c2n1. The van der Waals surface area contributed by atoms with Gasteiger partial charge in [-0.25, -0.2) is 4.98 Å². The predicted molar refractivity (Wildman–Crippen MR) is 115 cm³/mol. The third-order valence-corrected chi connectivity index (χ3v) is 5.20. The highest BCUT2D eigenvalue weighted by molar-refractivity contribution is 6.31. The molecule has 0 aliphatic carbocycles. The topological polar surface area (TPSA) is 81.9 Å². The Morgan fingerprint density at radius 2 is 2.13 bits per heavy atom. The summed E-state index contributed by atoms with van der Waals surface area (Å²) in [6, 6.07) is 9.88. The molecule has 0 bridgehead atoms. The fourth-order valence-corrected chi connectivity index (χ4v) is 3.67. The van der Waals surface area contributed by atoms with Crippen LogP contribution < -0.4 is 10.1 Å². The standard InChI is InChI=1S/C22H20ClN5O2/c1-14-8-17(20-6-7-26-28(20)2)16-4-3-5-21(22(16)27-14)30-12-18-15(10-25-13-29)9-24-11-19(18)23/h3-9,11,13H,10,12H2,1-2H3,(H,25,29). The molecule has 0 radical (unpaired) electrons. The van der Waals surface area contributed by atoms with Crippen molar-refractivity contribution in [3.8, 4) is 17.0 Å². The van der Waals surface area contributed by atoms with Gasteiger partial charge in [0.15, 0.2) is 0 Å². The van der Waals surface area contributed by atoms with E-state index in [4.69, 9.17) is 21.3 Å². The highest BCUT2D eigenvalue weighted by Crippen LogP contribution is 2.33. The molecule has 0 aliphatic rings. The number of aromatic nitrogens is 4. The molecule has 30 heavy (non-hydrogen) atoms. The third-order valence-electron chi connectivity index (χ3n) is 4.87. The predicted octanol–water partition coefficient (Wildman–Crippen LogP) is 3.82. The van der Waals surface area contributed by atoms with Gasteiger partial charge in [0.05, 0.1) is 10.7 Å². The molecule has 3 heterocycles. The summed E-state index contributed by atoms with van der Waals surface area (Å²) in [6.07, 6.45) is 5.66. The zero-order chi connectivity index (χ0) is 21.1. The van der Waals surface area contributed by atoms with Crippen molar-refractivity contribution in [1.82, 2.24) is 25.1 Å². The fourth-order valence-electron chi connectivity index (χ4n) is 3.43. The number of carbonyl (C=O) groups excluding carboxylic acids is 1. The van der Waals surface area contributed by atoms with Gasteiger partial charge in [0.1, 0.15) is 17.9 Å². The molecule has 1 amide bonds. The summed E-state index contributed by atoms with van der Waals surface area (Å²) >= 11 is 6.34. The molecule has 0 spiro atoms. The summed E-state index contributed by atoms with van der Waals surface area (Å²) in [7, 11) is 1.91. The summed E-state index contributed by atoms with van der Waals surface area (Å²) in [5.74, 6) is 0.654. The lowest BCUT2D eigenvalue weighted by molar-refractivity contribution is -0.109. The van der Waals surface area contributed by atoms with Crippen molar-refractivity contribution in [3.05, 3.63) is 70.8 Å². The van der Waals surface area contributed by atoms with E-state index in [1.165, 1.54) is 0 Å². The maximum atomic E-state index is 10.7. The lowest BCUT2D eigenvalue weighted by Gasteiger charge is -2.15. The van der Waals surface area contributed by atoms with E-state index in [-0.39, 0.29) is 6.61 Å². The molecule has 4 aromatic rings. The van der Waals surface area contributed by atoms with Crippen LogP contribution in [0.25, 0.3) is 22.2 Å². The number of amides is 1. The molecule has 0 saturated carbocycles. The maximum absolute atomic E-state index is 10.7. The summed E-state index contributed by atoms with van der Waals surface area (Å²) in [6.45, 7) is 2.51. The zero-order valence-electron chi connectivity index (χ0n) is 16.6. The van der Waals surface area contributed by atoms with E-state index in [0.29, 0.717) is 23.7 Å². The minimum atomic E-state index is 0.229. The molecule has 1 aromatic carbocycles. The molecule has 0 unspecified atom stereocenters. The van der Waals surface area contributed by atoms with Gasteiger partial charge in [-0.3, -0.25) is 14.5 Å². The summed E-state index contributed by atoms with van der Waals surface area (Å²) in [5.41, 5.74) is 5.27. The van der Waals surface area contributed by atoms with Crippen molar-refractivity contribution >= 4 is 28.9 Å². The summed E-state index contributed by atoms with van der Waals surface area (Å²) < 4.78 is 7.99. The van der Waals surface area contributed by atoms with Gasteiger partial charge in [-0.2, -0.15) is 5.10 Å². The Morgan fingerprint density at radius 1 is 1.27 bits per heavy atom. The molecule has 8 heteroatoms. The molecule has 0 atom stereocenters. The summed E-state index contributed by atoms with van der Waals surface area (Å²) in [4.78, 5) is 19.5. The number of halogens is 1. The lowest BCUT2D eigenvalue weighted by atomic mass is 10.0. The number of nitrogens with zero attached hydrogens (tertiary/aromatic N) is 4. The number of pyridine rings is 2. The Morgan fingerprint density at radius 3 is 2.90 bits per heavy atom. The highest BCUT2D eigenvalue weighted by Gasteiger charge is 2.14. The smallest absolute Gasteiger partial charge is 0.207 e. The molecular formula is C22H20ClN5O2. The van der Waals surface area contributed by atoms with Crippen LogP contribution in [-0.4, -0.2) is 26.2 Å². The number of hydrogen-bond donors (Lipinski definition) is 1. The van der Waals surface area contributed by atoms with E-state index in [1.807, 2.05) is 49.0 Å². The lowest BCUT2D eigenvalue weighted by Crippen LogP contribution is -2.13. The Hall–Kier alpha value is -3.45. The largest absolute Gasteiger partial charge is 0.487 e. The molecule has 0 saturated heterocycles. The van der Waals surface area contributed by atoms with Gasteiger partial charge in [0.25, 0.3) is 0 Å². The number of ether oxygens (including phenoxy) is 1. The number of nitrogens with one attached hydrogen (secondary N) is 1. The van der Waals surface area contributed by atoms with Crippen LogP contribution in [0.5, 0.6) is 5.75 Å². The molecule has 4 rings (SSSR count). The maximum Gasteiger partial charge on any atom is 0.207 e. The van der Waals surface area contributed by atoms with E-state index in [0.717, 1.165) is 39.0 Å². The molecule has 7 nitrogen and oxygen atoms in total. The summed E-state index contributed by atoms with van der Waals surface area (Å²) in [5, 5.41) is 8.39. The van der Waals surface area contributed by atoms with Gasteiger partial charge in [-0.05, 0) is 30.7 Å². The molecule has 1 N–H and O–H groups in total. The first-order chi connectivity index (χ1) is 14.6. The van der Waals surface area contributed by atoms with Crippen LogP contribution in [0, 0.1) is 6.92 Å². The number of carbonyl (C=O) groups is 1. The van der Waals surface area contributed by atoms with E-state index < -0.39 is 0 Å². The van der Waals surface area contributed by atoms with Crippen molar-refractivity contribution in [1.29, 1.82) is 0 Å². The average Bonchev–Trinajstić information content (AvgIpc) is 3.16. The van der Waals surface area contributed by atoms with E-state index in [2.05, 4.69) is 15.4 Å². The van der Waals surface area contributed by atoms with Gasteiger partial charge < -0.3 is 10.1 Å². The van der Waals surface area contributed by atoms with Crippen LogP contribution in [0.4, 0.5) is 0 Å². The van der Waals surface area contributed by atoms with E-state index >= 15 is 0 Å². The van der Waals surface area contributed by atoms with Gasteiger partial charge >= 0.3 is 0 Å². The van der Waals surface area contributed by atoms with Crippen molar-refractivity contribution in [3.63, 3.8) is 0 Å². The first kappa shape index (κ1) is 19.8. The highest BCUT2D eigenvalue weighted by atomic mass is 35.5. The number of benzene rings is 1. The Bertz CT molecular complexity index is 1220. The van der Waals surface area contributed by atoms with Gasteiger partial charge in [0.2, 0.25) is 6.41 Å². The van der Waals surface area contributed by atoms with Crippen LogP contribution in [0.15, 0.2) is 48.9 Å². The van der Waals surface area contributed by atoms with E-state index in [1.54, 1.807) is 18.6 Å². The number of fused-ring (bicyclic) bond motifs is 1. The number of para-hydroxylation sites is 1. The second kappa shape index (κ2) is 8.51. The Kier molecular flexibility index (Phi) is 5.63. The second-order valence-corrected chi connectivity index (χ2v) is 7.26. The van der Waals surface area contributed by atoms with Crippen molar-refractivity contribution < 1.29 is 9.53 Å². The van der Waals surface area contributed by atoms with Gasteiger partial charge in [-0.1, -0.05) is 23.7 Å². The second-order valence-electron chi connectivity index (χ2n) is 6.85. The Balaban J connectivity index is 1.73. The quantitative estimate of drug-likeness (QED) is 0.459. The van der Waals surface area contributed by atoms with Crippen molar-refractivity contribution in [2.24, 2.45) is 7.05 Å². The third kappa shape index (κ3) is 3.84. The normalized spacial score (nSPS) is 10.9. The van der Waals surface area contributed by atoms with Crippen LogP contribution in [0.2, 0.25) is 5.02 Å².